The van der Waals surface area contributed by atoms with Crippen LogP contribution in [0, 0.1) is 0 Å². The molecule has 0 saturated heterocycles. The molecule has 0 aliphatic rings. The largest absolute Gasteiger partial charge is 0.329 e. The van der Waals surface area contributed by atoms with Gasteiger partial charge in [-0.3, -0.25) is 0 Å². The number of halogens is 3. The summed E-state index contributed by atoms with van der Waals surface area (Å²) in [5.41, 5.74) is 11.7. The highest BCUT2D eigenvalue weighted by atomic mass is 35.5. The SMILES string of the molecule is NCC(N)c1c(Cl)ccc(Cl)c1Cl. The van der Waals surface area contributed by atoms with Gasteiger partial charge in [0.1, 0.15) is 0 Å². The van der Waals surface area contributed by atoms with Crippen molar-refractivity contribution >= 4 is 34.8 Å². The molecule has 1 aromatic rings. The standard InChI is InChI=1S/C8H9Cl3N2/c9-4-1-2-5(10)8(11)7(4)6(13)3-12/h1-2,6H,3,12-13H2. The van der Waals surface area contributed by atoms with Crippen molar-refractivity contribution < 1.29 is 0 Å². The average Bonchev–Trinajstić information content (AvgIpc) is 2.12. The molecule has 13 heavy (non-hydrogen) atoms. The van der Waals surface area contributed by atoms with E-state index in [1.54, 1.807) is 12.1 Å². The summed E-state index contributed by atoms with van der Waals surface area (Å²) in [4.78, 5) is 0. The second-order valence-corrected chi connectivity index (χ2v) is 3.79. The molecule has 0 radical (unpaired) electrons. The molecule has 5 heteroatoms. The lowest BCUT2D eigenvalue weighted by Crippen LogP contribution is -2.21. The van der Waals surface area contributed by atoms with Crippen LogP contribution < -0.4 is 11.5 Å². The lowest BCUT2D eigenvalue weighted by Gasteiger charge is -2.13. The van der Waals surface area contributed by atoms with Crippen LogP contribution in [0.15, 0.2) is 12.1 Å². The molecule has 1 atom stereocenters. The zero-order valence-corrected chi connectivity index (χ0v) is 9.00. The normalized spacial score (nSPS) is 13.0. The Hall–Kier alpha value is 0.01000. The fourth-order valence-corrected chi connectivity index (χ4v) is 1.82. The van der Waals surface area contributed by atoms with Gasteiger partial charge in [0.2, 0.25) is 0 Å². The fraction of sp³-hybridized carbons (Fsp3) is 0.250. The maximum atomic E-state index is 5.92. The first-order valence-corrected chi connectivity index (χ1v) is 4.80. The lowest BCUT2D eigenvalue weighted by atomic mass is 10.1. The van der Waals surface area contributed by atoms with E-state index >= 15 is 0 Å². The van der Waals surface area contributed by atoms with E-state index in [4.69, 9.17) is 46.3 Å². The van der Waals surface area contributed by atoms with E-state index < -0.39 is 0 Å². The summed E-state index contributed by atoms with van der Waals surface area (Å²) in [5, 5.41) is 1.31. The van der Waals surface area contributed by atoms with Gasteiger partial charge in [-0.25, -0.2) is 0 Å². The van der Waals surface area contributed by atoms with Gasteiger partial charge in [-0.1, -0.05) is 34.8 Å². The summed E-state index contributed by atoms with van der Waals surface area (Å²) in [6.07, 6.45) is 0. The molecular formula is C8H9Cl3N2. The van der Waals surface area contributed by atoms with Crippen LogP contribution in [-0.4, -0.2) is 6.54 Å². The van der Waals surface area contributed by atoms with Crippen molar-refractivity contribution in [2.45, 2.75) is 6.04 Å². The van der Waals surface area contributed by atoms with Gasteiger partial charge in [0.15, 0.2) is 0 Å². The number of rotatable bonds is 2. The van der Waals surface area contributed by atoms with Crippen molar-refractivity contribution in [2.24, 2.45) is 11.5 Å². The zero-order chi connectivity index (χ0) is 10.0. The summed E-state index contributed by atoms with van der Waals surface area (Å²) < 4.78 is 0. The van der Waals surface area contributed by atoms with Gasteiger partial charge in [0, 0.05) is 23.2 Å². The Kier molecular flexibility index (Phi) is 3.83. The lowest BCUT2D eigenvalue weighted by molar-refractivity contribution is 0.737. The van der Waals surface area contributed by atoms with Crippen molar-refractivity contribution in [3.8, 4) is 0 Å². The van der Waals surface area contributed by atoms with Gasteiger partial charge in [-0.05, 0) is 12.1 Å². The van der Waals surface area contributed by atoms with E-state index in [0.717, 1.165) is 0 Å². The number of hydrogen-bond donors (Lipinski definition) is 2. The third-order valence-corrected chi connectivity index (χ3v) is 2.85. The van der Waals surface area contributed by atoms with E-state index in [1.807, 2.05) is 0 Å². The summed E-state index contributed by atoms with van der Waals surface area (Å²) in [7, 11) is 0. The van der Waals surface area contributed by atoms with E-state index in [-0.39, 0.29) is 12.6 Å². The Balaban J connectivity index is 3.25. The molecule has 1 aromatic carbocycles. The highest BCUT2D eigenvalue weighted by Gasteiger charge is 2.14. The van der Waals surface area contributed by atoms with E-state index in [1.165, 1.54) is 0 Å². The first-order chi connectivity index (χ1) is 6.07. The molecule has 0 fully saturated rings. The quantitative estimate of drug-likeness (QED) is 0.780. The number of benzene rings is 1. The third-order valence-electron chi connectivity index (χ3n) is 1.70. The minimum absolute atomic E-state index is 0.278. The molecule has 1 rings (SSSR count). The number of nitrogens with two attached hydrogens (primary N) is 2. The van der Waals surface area contributed by atoms with Gasteiger partial charge in [0.05, 0.1) is 10.0 Å². The van der Waals surface area contributed by atoms with Crippen LogP contribution in [-0.2, 0) is 0 Å². The smallest absolute Gasteiger partial charge is 0.0655 e. The van der Waals surface area contributed by atoms with Crippen LogP contribution >= 0.6 is 34.8 Å². The molecule has 0 saturated carbocycles. The predicted octanol–water partition coefficient (Wildman–Crippen LogP) is 2.61. The Morgan fingerprint density at radius 1 is 1.15 bits per heavy atom. The van der Waals surface area contributed by atoms with E-state index in [9.17, 15) is 0 Å². The van der Waals surface area contributed by atoms with Gasteiger partial charge < -0.3 is 11.5 Å². The molecular weight excluding hydrogens is 230 g/mol. The van der Waals surface area contributed by atoms with Crippen LogP contribution in [0.5, 0.6) is 0 Å². The summed E-state index contributed by atoms with van der Waals surface area (Å²) in [6, 6.07) is 2.90. The average molecular weight is 240 g/mol. The molecule has 1 unspecified atom stereocenters. The minimum atomic E-state index is -0.376. The fourth-order valence-electron chi connectivity index (χ4n) is 1.00. The summed E-state index contributed by atoms with van der Waals surface area (Å²) >= 11 is 17.6. The molecule has 2 nitrogen and oxygen atoms in total. The minimum Gasteiger partial charge on any atom is -0.329 e. The highest BCUT2D eigenvalue weighted by Crippen LogP contribution is 2.34. The maximum Gasteiger partial charge on any atom is 0.0655 e. The second-order valence-electron chi connectivity index (χ2n) is 2.60. The van der Waals surface area contributed by atoms with Gasteiger partial charge in [-0.2, -0.15) is 0 Å². The monoisotopic (exact) mass is 238 g/mol. The van der Waals surface area contributed by atoms with E-state index in [2.05, 4.69) is 0 Å². The van der Waals surface area contributed by atoms with Crippen LogP contribution in [0.1, 0.15) is 11.6 Å². The molecule has 0 aromatic heterocycles. The Labute approximate surface area is 91.8 Å². The van der Waals surface area contributed by atoms with Crippen LogP contribution in [0.4, 0.5) is 0 Å². The topological polar surface area (TPSA) is 52.0 Å². The summed E-state index contributed by atoms with van der Waals surface area (Å²) in [6.45, 7) is 0.278. The molecule has 0 heterocycles. The molecule has 0 spiro atoms. The predicted molar refractivity (Wildman–Crippen MR) is 57.5 cm³/mol. The molecule has 0 aliphatic heterocycles. The van der Waals surface area contributed by atoms with Gasteiger partial charge >= 0.3 is 0 Å². The highest BCUT2D eigenvalue weighted by molar-refractivity contribution is 6.44. The van der Waals surface area contributed by atoms with Crippen molar-refractivity contribution in [1.82, 2.24) is 0 Å². The van der Waals surface area contributed by atoms with Crippen molar-refractivity contribution in [2.75, 3.05) is 6.54 Å². The van der Waals surface area contributed by atoms with Crippen LogP contribution in [0.3, 0.4) is 0 Å². The van der Waals surface area contributed by atoms with Crippen molar-refractivity contribution in [3.05, 3.63) is 32.8 Å². The Bertz CT molecular complexity index is 315. The third kappa shape index (κ3) is 2.27. The maximum absolute atomic E-state index is 5.92. The number of hydrogen-bond acceptors (Lipinski definition) is 2. The van der Waals surface area contributed by atoms with Gasteiger partial charge in [0.25, 0.3) is 0 Å². The van der Waals surface area contributed by atoms with Crippen molar-refractivity contribution in [3.63, 3.8) is 0 Å². The Morgan fingerprint density at radius 3 is 2.23 bits per heavy atom. The van der Waals surface area contributed by atoms with Crippen LogP contribution in [0.2, 0.25) is 15.1 Å². The first-order valence-electron chi connectivity index (χ1n) is 3.67. The van der Waals surface area contributed by atoms with Crippen molar-refractivity contribution in [1.29, 1.82) is 0 Å². The zero-order valence-electron chi connectivity index (χ0n) is 6.73. The molecule has 4 N–H and O–H groups in total. The molecule has 0 bridgehead atoms. The van der Waals surface area contributed by atoms with Crippen LogP contribution in [0.25, 0.3) is 0 Å². The van der Waals surface area contributed by atoms with Gasteiger partial charge in [-0.15, -0.1) is 0 Å². The van der Waals surface area contributed by atoms with E-state index in [0.29, 0.717) is 20.6 Å². The molecule has 0 aliphatic carbocycles. The first kappa shape index (κ1) is 11.1. The summed E-state index contributed by atoms with van der Waals surface area (Å²) in [5.74, 6) is 0. The Morgan fingerprint density at radius 2 is 1.69 bits per heavy atom. The molecule has 72 valence electrons. The molecule has 0 amide bonds. The second kappa shape index (κ2) is 4.49.